The molecular weight excluding hydrogens is 418 g/mol. The summed E-state index contributed by atoms with van der Waals surface area (Å²) in [4.78, 5) is 42.2. The Kier molecular flexibility index (Phi) is 6.86. The lowest BCUT2D eigenvalue weighted by Crippen LogP contribution is -2.53. The van der Waals surface area contributed by atoms with Gasteiger partial charge in [-0.3, -0.25) is 24.8 Å². The molecule has 2 fully saturated rings. The molecule has 0 aliphatic carbocycles. The second-order valence-electron chi connectivity index (χ2n) is 8.49. The molecule has 8 heteroatoms. The van der Waals surface area contributed by atoms with E-state index in [1.165, 1.54) is 5.56 Å². The van der Waals surface area contributed by atoms with Crippen molar-refractivity contribution in [3.05, 3.63) is 77.9 Å². The molecule has 33 heavy (non-hydrogen) atoms. The molecule has 2 aliphatic heterocycles. The largest absolute Gasteiger partial charge is 0.344 e. The van der Waals surface area contributed by atoms with Crippen LogP contribution in [0.1, 0.15) is 18.1 Å². The molecule has 2 aromatic rings. The monoisotopic (exact) mass is 447 g/mol. The summed E-state index contributed by atoms with van der Waals surface area (Å²) in [7, 11) is 0. The van der Waals surface area contributed by atoms with Gasteiger partial charge >= 0.3 is 6.03 Å². The zero-order chi connectivity index (χ0) is 23.3. The minimum absolute atomic E-state index is 0.132. The lowest BCUT2D eigenvalue weighted by molar-refractivity contribution is -0.139. The van der Waals surface area contributed by atoms with Crippen molar-refractivity contribution in [2.45, 2.75) is 12.5 Å². The number of benzene rings is 2. The first-order valence-corrected chi connectivity index (χ1v) is 11.1. The Bertz CT molecular complexity index is 1020. The van der Waals surface area contributed by atoms with Gasteiger partial charge in [0.1, 0.15) is 5.54 Å². The molecular formula is C25H29N5O3. The lowest BCUT2D eigenvalue weighted by atomic mass is 9.92. The molecule has 2 aromatic carbocycles. The number of hydrogen-bond acceptors (Lipinski definition) is 5. The summed E-state index contributed by atoms with van der Waals surface area (Å²) in [5.41, 5.74) is 3.12. The summed E-state index contributed by atoms with van der Waals surface area (Å²) in [5.74, 6) is -0.879. The van der Waals surface area contributed by atoms with E-state index in [-0.39, 0.29) is 12.5 Å². The number of urea groups is 1. The topological polar surface area (TPSA) is 85.0 Å². The van der Waals surface area contributed by atoms with Gasteiger partial charge in [0.25, 0.3) is 11.8 Å². The van der Waals surface area contributed by atoms with Gasteiger partial charge in [-0.15, -0.1) is 0 Å². The van der Waals surface area contributed by atoms with Crippen molar-refractivity contribution >= 4 is 23.9 Å². The Morgan fingerprint density at radius 1 is 0.970 bits per heavy atom. The van der Waals surface area contributed by atoms with Gasteiger partial charge in [0, 0.05) is 32.7 Å². The Morgan fingerprint density at radius 3 is 2.24 bits per heavy atom. The summed E-state index contributed by atoms with van der Waals surface area (Å²) in [5, 5.41) is 3.48. The molecule has 2 aliphatic rings. The number of hydrazine groups is 1. The van der Waals surface area contributed by atoms with Gasteiger partial charge in [-0.2, -0.15) is 5.01 Å². The zero-order valence-electron chi connectivity index (χ0n) is 18.7. The zero-order valence-corrected chi connectivity index (χ0v) is 18.7. The van der Waals surface area contributed by atoms with Crippen LogP contribution in [0.2, 0.25) is 0 Å². The fraction of sp³-hybridized carbons (Fsp3) is 0.320. The molecule has 0 saturated carbocycles. The van der Waals surface area contributed by atoms with E-state index in [9.17, 15) is 14.4 Å². The number of piperazine rings is 1. The molecule has 172 valence electrons. The van der Waals surface area contributed by atoms with Crippen molar-refractivity contribution in [3.63, 3.8) is 0 Å². The Balaban J connectivity index is 1.24. The number of imide groups is 1. The molecule has 0 radical (unpaired) electrons. The van der Waals surface area contributed by atoms with Gasteiger partial charge in [0.15, 0.2) is 0 Å². The molecule has 0 spiro atoms. The molecule has 0 aromatic heterocycles. The van der Waals surface area contributed by atoms with E-state index in [2.05, 4.69) is 39.9 Å². The van der Waals surface area contributed by atoms with Crippen LogP contribution in [0, 0.1) is 0 Å². The van der Waals surface area contributed by atoms with Gasteiger partial charge < -0.3 is 5.32 Å². The van der Waals surface area contributed by atoms with E-state index in [1.54, 1.807) is 31.2 Å². The molecule has 4 amide bonds. The van der Waals surface area contributed by atoms with Crippen molar-refractivity contribution in [2.75, 3.05) is 39.3 Å². The van der Waals surface area contributed by atoms with Gasteiger partial charge in [-0.1, -0.05) is 72.8 Å². The van der Waals surface area contributed by atoms with E-state index in [4.69, 9.17) is 0 Å². The molecule has 1 atom stereocenters. The molecule has 8 nitrogen and oxygen atoms in total. The summed E-state index contributed by atoms with van der Waals surface area (Å²) in [6.45, 7) is 5.81. The molecule has 2 saturated heterocycles. The minimum atomic E-state index is -1.20. The predicted octanol–water partition coefficient (Wildman–Crippen LogP) is 1.82. The highest BCUT2D eigenvalue weighted by Crippen LogP contribution is 2.27. The van der Waals surface area contributed by atoms with Gasteiger partial charge in [0.05, 0.1) is 6.54 Å². The number of nitrogens with zero attached hydrogens (tertiary/aromatic N) is 3. The summed E-state index contributed by atoms with van der Waals surface area (Å²) in [6, 6.07) is 18.5. The number of amides is 4. The van der Waals surface area contributed by atoms with E-state index >= 15 is 0 Å². The highest BCUT2D eigenvalue weighted by atomic mass is 16.2. The molecule has 2 heterocycles. The molecule has 4 rings (SSSR count). The SMILES string of the molecule is CC1(c2ccccc2)NC(=O)N(NC(=O)CN2CCN(C/C=C/c3ccccc3)CC2)C1=O. The van der Waals surface area contributed by atoms with Crippen LogP contribution in [0.4, 0.5) is 4.79 Å². The average Bonchev–Trinajstić information content (AvgIpc) is 3.05. The number of hydrogen-bond donors (Lipinski definition) is 2. The summed E-state index contributed by atoms with van der Waals surface area (Å²) < 4.78 is 0. The van der Waals surface area contributed by atoms with E-state index in [1.807, 2.05) is 29.2 Å². The highest BCUT2D eigenvalue weighted by molar-refractivity contribution is 6.08. The van der Waals surface area contributed by atoms with Crippen molar-refractivity contribution < 1.29 is 14.4 Å². The Labute approximate surface area is 193 Å². The first-order valence-electron chi connectivity index (χ1n) is 11.1. The van der Waals surface area contributed by atoms with E-state index in [0.717, 1.165) is 37.7 Å². The van der Waals surface area contributed by atoms with Crippen LogP contribution >= 0.6 is 0 Å². The maximum Gasteiger partial charge on any atom is 0.344 e. The van der Waals surface area contributed by atoms with Crippen molar-refractivity contribution in [1.29, 1.82) is 0 Å². The van der Waals surface area contributed by atoms with Crippen LogP contribution in [0.15, 0.2) is 66.7 Å². The quantitative estimate of drug-likeness (QED) is 0.633. The van der Waals surface area contributed by atoms with Crippen LogP contribution < -0.4 is 10.7 Å². The Morgan fingerprint density at radius 2 is 1.58 bits per heavy atom. The van der Waals surface area contributed by atoms with Crippen LogP contribution in [-0.4, -0.2) is 71.9 Å². The minimum Gasteiger partial charge on any atom is -0.318 e. The Hall–Kier alpha value is -3.49. The second kappa shape index (κ2) is 9.97. The van der Waals surface area contributed by atoms with Crippen molar-refractivity contribution in [3.8, 4) is 0 Å². The fourth-order valence-corrected chi connectivity index (χ4v) is 4.10. The fourth-order valence-electron chi connectivity index (χ4n) is 4.10. The van der Waals surface area contributed by atoms with E-state index in [0.29, 0.717) is 5.56 Å². The number of rotatable bonds is 7. The number of nitrogens with one attached hydrogen (secondary N) is 2. The standard InChI is InChI=1S/C25H29N5O3/c1-25(21-12-6-3-7-13-21)23(32)30(24(33)26-25)27-22(31)19-29-17-15-28(16-18-29)14-8-11-20-9-4-2-5-10-20/h2-13H,14-19H2,1H3,(H,26,33)(H,27,31)/b11-8+. The summed E-state index contributed by atoms with van der Waals surface area (Å²) >= 11 is 0. The normalized spacial score (nSPS) is 22.0. The van der Waals surface area contributed by atoms with Gasteiger partial charge in [-0.25, -0.2) is 4.79 Å². The smallest absolute Gasteiger partial charge is 0.318 e. The third kappa shape index (κ3) is 5.30. The molecule has 0 bridgehead atoms. The van der Waals surface area contributed by atoms with Crippen molar-refractivity contribution in [2.24, 2.45) is 0 Å². The summed E-state index contributed by atoms with van der Waals surface area (Å²) in [6.07, 6.45) is 4.26. The molecule has 1 unspecified atom stereocenters. The lowest BCUT2D eigenvalue weighted by Gasteiger charge is -2.33. The van der Waals surface area contributed by atoms with Crippen LogP contribution in [0.3, 0.4) is 0 Å². The van der Waals surface area contributed by atoms with E-state index < -0.39 is 17.5 Å². The van der Waals surface area contributed by atoms with Crippen LogP contribution in [0.25, 0.3) is 6.08 Å². The first kappa shape index (κ1) is 22.7. The third-order valence-corrected chi connectivity index (χ3v) is 6.08. The average molecular weight is 448 g/mol. The number of carbonyl (C=O) groups excluding carboxylic acids is 3. The first-order chi connectivity index (χ1) is 16.0. The van der Waals surface area contributed by atoms with Crippen LogP contribution in [0.5, 0.6) is 0 Å². The number of carbonyl (C=O) groups is 3. The second-order valence-corrected chi connectivity index (χ2v) is 8.49. The van der Waals surface area contributed by atoms with Gasteiger partial charge in [-0.05, 0) is 18.1 Å². The maximum absolute atomic E-state index is 12.9. The van der Waals surface area contributed by atoms with Crippen molar-refractivity contribution in [1.82, 2.24) is 25.6 Å². The highest BCUT2D eigenvalue weighted by Gasteiger charge is 2.50. The third-order valence-electron chi connectivity index (χ3n) is 6.08. The maximum atomic E-state index is 12.9. The van der Waals surface area contributed by atoms with Gasteiger partial charge in [0.2, 0.25) is 0 Å². The van der Waals surface area contributed by atoms with Crippen LogP contribution in [-0.2, 0) is 15.1 Å². The predicted molar refractivity (Wildman–Crippen MR) is 126 cm³/mol. The molecule has 2 N–H and O–H groups in total.